The highest BCUT2D eigenvalue weighted by molar-refractivity contribution is 7.09. The number of nitrogens with one attached hydrogen (secondary N) is 1. The third-order valence-corrected chi connectivity index (χ3v) is 2.86. The molecule has 16 heavy (non-hydrogen) atoms. The molecule has 0 unspecified atom stereocenters. The zero-order valence-corrected chi connectivity index (χ0v) is 9.87. The van der Waals surface area contributed by atoms with Gasteiger partial charge in [0.05, 0.1) is 6.54 Å². The van der Waals surface area contributed by atoms with Crippen LogP contribution in [0.15, 0.2) is 17.5 Å². The lowest BCUT2D eigenvalue weighted by Gasteiger charge is -2.16. The number of hydrogen-bond donors (Lipinski definition) is 1. The SMILES string of the molecule is CN(CCNCC(F)(F)F)Cc1cccs1. The summed E-state index contributed by atoms with van der Waals surface area (Å²) in [6, 6.07) is 3.99. The molecular weight excluding hydrogens is 237 g/mol. The van der Waals surface area contributed by atoms with Gasteiger partial charge in [0.1, 0.15) is 0 Å². The number of likely N-dealkylation sites (N-methyl/N-ethyl adjacent to an activating group) is 1. The van der Waals surface area contributed by atoms with E-state index in [-0.39, 0.29) is 0 Å². The van der Waals surface area contributed by atoms with E-state index in [0.717, 1.165) is 6.54 Å². The Hall–Kier alpha value is -0.590. The Labute approximate surface area is 97.1 Å². The third kappa shape index (κ3) is 6.09. The number of rotatable bonds is 6. The predicted molar refractivity (Wildman–Crippen MR) is 59.6 cm³/mol. The molecule has 0 saturated carbocycles. The molecule has 1 N–H and O–H groups in total. The van der Waals surface area contributed by atoms with Crippen molar-refractivity contribution >= 4 is 11.3 Å². The van der Waals surface area contributed by atoms with E-state index in [2.05, 4.69) is 5.32 Å². The highest BCUT2D eigenvalue weighted by Gasteiger charge is 2.25. The molecule has 0 aliphatic heterocycles. The summed E-state index contributed by atoms with van der Waals surface area (Å²) in [4.78, 5) is 3.22. The quantitative estimate of drug-likeness (QED) is 0.782. The Bertz CT molecular complexity index is 285. The van der Waals surface area contributed by atoms with Gasteiger partial charge >= 0.3 is 6.18 Å². The number of alkyl halides is 3. The van der Waals surface area contributed by atoms with E-state index in [4.69, 9.17) is 0 Å². The van der Waals surface area contributed by atoms with Crippen molar-refractivity contribution in [1.82, 2.24) is 10.2 Å². The predicted octanol–water partition coefficient (Wildman–Crippen LogP) is 2.33. The van der Waals surface area contributed by atoms with Crippen LogP contribution in [0, 0.1) is 0 Å². The van der Waals surface area contributed by atoms with Crippen molar-refractivity contribution in [2.24, 2.45) is 0 Å². The van der Waals surface area contributed by atoms with Crippen LogP contribution in [0.25, 0.3) is 0 Å². The molecule has 1 heterocycles. The summed E-state index contributed by atoms with van der Waals surface area (Å²) >= 11 is 1.65. The monoisotopic (exact) mass is 252 g/mol. The van der Waals surface area contributed by atoms with Gasteiger partial charge < -0.3 is 10.2 Å². The maximum atomic E-state index is 11.8. The summed E-state index contributed by atoms with van der Waals surface area (Å²) in [5.41, 5.74) is 0. The van der Waals surface area contributed by atoms with Crippen molar-refractivity contribution < 1.29 is 13.2 Å². The first kappa shape index (κ1) is 13.5. The maximum absolute atomic E-state index is 11.8. The van der Waals surface area contributed by atoms with E-state index in [1.165, 1.54) is 4.88 Å². The normalized spacial score (nSPS) is 12.3. The van der Waals surface area contributed by atoms with Gasteiger partial charge in [0.25, 0.3) is 0 Å². The van der Waals surface area contributed by atoms with Crippen molar-refractivity contribution in [3.63, 3.8) is 0 Å². The third-order valence-electron chi connectivity index (χ3n) is 2.00. The number of halogens is 3. The second-order valence-corrected chi connectivity index (χ2v) is 4.64. The van der Waals surface area contributed by atoms with Crippen molar-refractivity contribution in [3.8, 4) is 0 Å². The van der Waals surface area contributed by atoms with Crippen molar-refractivity contribution in [2.75, 3.05) is 26.7 Å². The van der Waals surface area contributed by atoms with Gasteiger partial charge in [0, 0.05) is 24.5 Å². The number of hydrogen-bond acceptors (Lipinski definition) is 3. The van der Waals surface area contributed by atoms with E-state index in [1.54, 1.807) is 11.3 Å². The topological polar surface area (TPSA) is 15.3 Å². The summed E-state index contributed by atoms with van der Waals surface area (Å²) in [5.74, 6) is 0. The van der Waals surface area contributed by atoms with Gasteiger partial charge in [0.15, 0.2) is 0 Å². The molecule has 0 bridgehead atoms. The summed E-state index contributed by atoms with van der Waals surface area (Å²) in [5, 5.41) is 4.36. The largest absolute Gasteiger partial charge is 0.401 e. The van der Waals surface area contributed by atoms with Crippen LogP contribution < -0.4 is 5.32 Å². The molecule has 0 saturated heterocycles. The molecule has 1 aromatic heterocycles. The van der Waals surface area contributed by atoms with E-state index < -0.39 is 12.7 Å². The zero-order chi connectivity index (χ0) is 12.0. The van der Waals surface area contributed by atoms with E-state index in [1.807, 2.05) is 29.5 Å². The molecule has 0 amide bonds. The summed E-state index contributed by atoms with van der Waals surface area (Å²) in [7, 11) is 1.90. The standard InChI is InChI=1S/C10H15F3N2S/c1-15(7-9-3-2-6-16-9)5-4-14-8-10(11,12)13/h2-3,6,14H,4-5,7-8H2,1H3. The molecule has 0 aliphatic carbocycles. The van der Waals surface area contributed by atoms with Crippen molar-refractivity contribution in [2.45, 2.75) is 12.7 Å². The lowest BCUT2D eigenvalue weighted by atomic mass is 10.4. The van der Waals surface area contributed by atoms with Crippen molar-refractivity contribution in [1.29, 1.82) is 0 Å². The average Bonchev–Trinajstić information content (AvgIpc) is 2.63. The molecule has 92 valence electrons. The Morgan fingerprint density at radius 1 is 1.44 bits per heavy atom. The lowest BCUT2D eigenvalue weighted by molar-refractivity contribution is -0.124. The van der Waals surface area contributed by atoms with Crippen molar-refractivity contribution in [3.05, 3.63) is 22.4 Å². The Morgan fingerprint density at radius 2 is 2.19 bits per heavy atom. The van der Waals surface area contributed by atoms with Crippen LogP contribution in [0.3, 0.4) is 0 Å². The minimum Gasteiger partial charge on any atom is -0.307 e. The molecule has 1 aromatic rings. The Balaban J connectivity index is 2.09. The molecular formula is C10H15F3N2S. The zero-order valence-electron chi connectivity index (χ0n) is 9.05. The maximum Gasteiger partial charge on any atom is 0.401 e. The Morgan fingerprint density at radius 3 is 2.75 bits per heavy atom. The first-order valence-electron chi connectivity index (χ1n) is 4.96. The molecule has 6 heteroatoms. The average molecular weight is 252 g/mol. The fraction of sp³-hybridized carbons (Fsp3) is 0.600. The minimum absolute atomic E-state index is 0.349. The molecule has 0 radical (unpaired) electrons. The number of nitrogens with zero attached hydrogens (tertiary/aromatic N) is 1. The first-order valence-corrected chi connectivity index (χ1v) is 5.84. The second-order valence-electron chi connectivity index (χ2n) is 3.61. The van der Waals surface area contributed by atoms with Gasteiger partial charge in [-0.15, -0.1) is 11.3 Å². The highest BCUT2D eigenvalue weighted by Crippen LogP contribution is 2.12. The van der Waals surface area contributed by atoms with Gasteiger partial charge in [-0.25, -0.2) is 0 Å². The smallest absolute Gasteiger partial charge is 0.307 e. The molecule has 0 spiro atoms. The first-order chi connectivity index (χ1) is 7.47. The lowest BCUT2D eigenvalue weighted by Crippen LogP contribution is -2.34. The van der Waals surface area contributed by atoms with E-state index in [0.29, 0.717) is 13.1 Å². The highest BCUT2D eigenvalue weighted by atomic mass is 32.1. The summed E-state index contributed by atoms with van der Waals surface area (Å²) in [6.45, 7) is 0.820. The van der Waals surface area contributed by atoms with Gasteiger partial charge in [-0.2, -0.15) is 13.2 Å². The van der Waals surface area contributed by atoms with Gasteiger partial charge in [-0.05, 0) is 18.5 Å². The van der Waals surface area contributed by atoms with E-state index >= 15 is 0 Å². The fourth-order valence-electron chi connectivity index (χ4n) is 1.25. The Kier molecular flexibility index (Phi) is 5.24. The molecule has 0 aliphatic rings. The van der Waals surface area contributed by atoms with Gasteiger partial charge in [0.2, 0.25) is 0 Å². The number of thiophene rings is 1. The second kappa shape index (κ2) is 6.22. The van der Waals surface area contributed by atoms with Crippen LogP contribution in [0.1, 0.15) is 4.88 Å². The van der Waals surface area contributed by atoms with Crippen LogP contribution in [0.4, 0.5) is 13.2 Å². The fourth-order valence-corrected chi connectivity index (χ4v) is 2.03. The summed E-state index contributed by atoms with van der Waals surface area (Å²) < 4.78 is 35.4. The summed E-state index contributed by atoms with van der Waals surface area (Å²) in [6.07, 6.45) is -4.12. The van der Waals surface area contributed by atoms with Crippen LogP contribution in [0.2, 0.25) is 0 Å². The van der Waals surface area contributed by atoms with Gasteiger partial charge in [-0.1, -0.05) is 6.07 Å². The molecule has 0 fully saturated rings. The minimum atomic E-state index is -4.12. The van der Waals surface area contributed by atoms with Gasteiger partial charge in [-0.3, -0.25) is 0 Å². The van der Waals surface area contributed by atoms with Crippen LogP contribution in [0.5, 0.6) is 0 Å². The molecule has 0 atom stereocenters. The van der Waals surface area contributed by atoms with Crippen LogP contribution >= 0.6 is 11.3 Å². The van der Waals surface area contributed by atoms with E-state index in [9.17, 15) is 13.2 Å². The molecule has 1 rings (SSSR count). The molecule has 0 aromatic carbocycles. The van der Waals surface area contributed by atoms with Crippen LogP contribution in [-0.4, -0.2) is 37.8 Å². The van der Waals surface area contributed by atoms with Crippen LogP contribution in [-0.2, 0) is 6.54 Å². The molecule has 2 nitrogen and oxygen atoms in total.